The maximum Gasteiger partial charge on any atom is 0.352 e. The van der Waals surface area contributed by atoms with E-state index < -0.39 is 17.2 Å². The fourth-order valence-corrected chi connectivity index (χ4v) is 3.41. The second-order valence-corrected chi connectivity index (χ2v) is 7.21. The Bertz CT molecular complexity index is 1150. The van der Waals surface area contributed by atoms with Gasteiger partial charge in [0.1, 0.15) is 0 Å². The summed E-state index contributed by atoms with van der Waals surface area (Å²) in [4.78, 5) is 44.6. The number of likely N-dealkylation sites (tertiary alicyclic amines) is 1. The summed E-state index contributed by atoms with van der Waals surface area (Å²) in [6.07, 6.45) is 4.94. The van der Waals surface area contributed by atoms with Gasteiger partial charge in [0.25, 0.3) is 11.5 Å². The smallest absolute Gasteiger partial charge is 0.337 e. The molecule has 0 bridgehead atoms. The SMILES string of the molecule is O=C(c1nn(-c2ccc(Cl)cc2)c(=O)n(Cc2cccnc2)c1=O)N1CCCC1. The van der Waals surface area contributed by atoms with Crippen molar-refractivity contribution in [3.05, 3.63) is 85.9 Å². The summed E-state index contributed by atoms with van der Waals surface area (Å²) in [5.74, 6) is -0.463. The molecule has 8 nitrogen and oxygen atoms in total. The highest BCUT2D eigenvalue weighted by Crippen LogP contribution is 2.13. The Labute approximate surface area is 171 Å². The number of rotatable bonds is 4. The fourth-order valence-electron chi connectivity index (χ4n) is 3.28. The summed E-state index contributed by atoms with van der Waals surface area (Å²) in [5.41, 5.74) is -0.541. The molecule has 4 rings (SSSR count). The highest BCUT2D eigenvalue weighted by Gasteiger charge is 2.26. The molecule has 0 spiro atoms. The summed E-state index contributed by atoms with van der Waals surface area (Å²) in [7, 11) is 0. The first-order chi connectivity index (χ1) is 14.0. The zero-order chi connectivity index (χ0) is 20.4. The Kier molecular flexibility index (Phi) is 5.26. The molecule has 9 heteroatoms. The van der Waals surface area contributed by atoms with Gasteiger partial charge in [0.15, 0.2) is 0 Å². The average Bonchev–Trinajstić information content (AvgIpc) is 3.27. The van der Waals surface area contributed by atoms with Gasteiger partial charge in [0.2, 0.25) is 5.69 Å². The predicted octanol–water partition coefficient (Wildman–Crippen LogP) is 1.73. The van der Waals surface area contributed by atoms with Crippen LogP contribution in [0.4, 0.5) is 0 Å². The van der Waals surface area contributed by atoms with E-state index in [-0.39, 0.29) is 12.2 Å². The van der Waals surface area contributed by atoms with Crippen LogP contribution in [0.2, 0.25) is 5.02 Å². The quantitative estimate of drug-likeness (QED) is 0.652. The number of aromatic nitrogens is 4. The lowest BCUT2D eigenvalue weighted by molar-refractivity contribution is 0.0781. The third kappa shape index (κ3) is 3.84. The minimum absolute atomic E-state index is 0.0120. The predicted molar refractivity (Wildman–Crippen MR) is 108 cm³/mol. The van der Waals surface area contributed by atoms with E-state index >= 15 is 0 Å². The summed E-state index contributed by atoms with van der Waals surface area (Å²) >= 11 is 5.94. The molecule has 1 aliphatic heterocycles. The molecular formula is C20H18ClN5O3. The first kappa shape index (κ1) is 19.1. The number of carbonyl (C=O) groups excluding carboxylic acids is 1. The summed E-state index contributed by atoms with van der Waals surface area (Å²) < 4.78 is 2.08. The third-order valence-corrected chi connectivity index (χ3v) is 5.04. The molecule has 0 aliphatic carbocycles. The lowest BCUT2D eigenvalue weighted by Crippen LogP contribution is -2.46. The van der Waals surface area contributed by atoms with Crippen LogP contribution in [-0.4, -0.2) is 43.2 Å². The minimum Gasteiger partial charge on any atom is -0.337 e. The van der Waals surface area contributed by atoms with Crippen LogP contribution in [0.3, 0.4) is 0 Å². The molecule has 1 amide bonds. The number of amides is 1. The van der Waals surface area contributed by atoms with Crippen LogP contribution in [0.5, 0.6) is 0 Å². The minimum atomic E-state index is -0.707. The van der Waals surface area contributed by atoms with Gasteiger partial charge in [0.05, 0.1) is 12.2 Å². The standard InChI is InChI=1S/C20H18ClN5O3/c21-15-5-7-16(8-6-15)26-20(29)25(13-14-4-3-9-22-12-14)19(28)17(23-26)18(27)24-10-1-2-11-24/h3-9,12H,1-2,10-11,13H2. The van der Waals surface area contributed by atoms with E-state index in [0.29, 0.717) is 29.4 Å². The summed E-state index contributed by atoms with van der Waals surface area (Å²) in [5, 5.41) is 4.64. The Morgan fingerprint density at radius 2 is 1.79 bits per heavy atom. The van der Waals surface area contributed by atoms with Gasteiger partial charge in [-0.05, 0) is 48.7 Å². The molecule has 2 aromatic heterocycles. The zero-order valence-electron chi connectivity index (χ0n) is 15.5. The van der Waals surface area contributed by atoms with Crippen molar-refractivity contribution >= 4 is 17.5 Å². The van der Waals surface area contributed by atoms with Crippen molar-refractivity contribution in [1.29, 1.82) is 0 Å². The Balaban J connectivity index is 1.88. The number of pyridine rings is 1. The maximum atomic E-state index is 13.1. The second kappa shape index (κ2) is 8.00. The molecule has 0 unspecified atom stereocenters. The van der Waals surface area contributed by atoms with Gasteiger partial charge in [-0.1, -0.05) is 17.7 Å². The van der Waals surface area contributed by atoms with E-state index in [9.17, 15) is 14.4 Å². The normalized spacial score (nSPS) is 13.6. The van der Waals surface area contributed by atoms with E-state index in [0.717, 1.165) is 22.1 Å². The Hall–Kier alpha value is -3.26. The van der Waals surface area contributed by atoms with Gasteiger partial charge < -0.3 is 4.90 Å². The maximum absolute atomic E-state index is 13.1. The second-order valence-electron chi connectivity index (χ2n) is 6.77. The Morgan fingerprint density at radius 3 is 2.45 bits per heavy atom. The largest absolute Gasteiger partial charge is 0.352 e. The van der Waals surface area contributed by atoms with E-state index in [1.165, 1.54) is 0 Å². The van der Waals surface area contributed by atoms with Crippen LogP contribution in [0.25, 0.3) is 5.69 Å². The number of benzene rings is 1. The van der Waals surface area contributed by atoms with Crippen molar-refractivity contribution in [2.75, 3.05) is 13.1 Å². The summed E-state index contributed by atoms with van der Waals surface area (Å²) in [6.45, 7) is 1.13. The van der Waals surface area contributed by atoms with E-state index in [2.05, 4.69) is 10.1 Å². The number of hydrogen-bond acceptors (Lipinski definition) is 5. The van der Waals surface area contributed by atoms with Crippen LogP contribution in [-0.2, 0) is 6.54 Å². The molecule has 0 N–H and O–H groups in total. The van der Waals surface area contributed by atoms with E-state index in [1.54, 1.807) is 53.7 Å². The van der Waals surface area contributed by atoms with Gasteiger partial charge in [-0.3, -0.25) is 19.1 Å². The van der Waals surface area contributed by atoms with Crippen LogP contribution >= 0.6 is 11.6 Å². The molecule has 0 saturated carbocycles. The zero-order valence-corrected chi connectivity index (χ0v) is 16.2. The van der Waals surface area contributed by atoms with Gasteiger partial charge >= 0.3 is 5.69 Å². The number of nitrogens with zero attached hydrogens (tertiary/aromatic N) is 5. The third-order valence-electron chi connectivity index (χ3n) is 4.79. The highest BCUT2D eigenvalue weighted by molar-refractivity contribution is 6.30. The van der Waals surface area contributed by atoms with Crippen LogP contribution in [0.15, 0.2) is 58.4 Å². The van der Waals surface area contributed by atoms with Gasteiger partial charge in [-0.2, -0.15) is 9.78 Å². The molecule has 148 valence electrons. The van der Waals surface area contributed by atoms with Crippen molar-refractivity contribution in [1.82, 2.24) is 24.2 Å². The van der Waals surface area contributed by atoms with Gasteiger partial charge in [-0.25, -0.2) is 4.79 Å². The first-order valence-electron chi connectivity index (χ1n) is 9.23. The van der Waals surface area contributed by atoms with Crippen molar-refractivity contribution in [2.45, 2.75) is 19.4 Å². The van der Waals surface area contributed by atoms with E-state index in [4.69, 9.17) is 11.6 Å². The van der Waals surface area contributed by atoms with Crippen molar-refractivity contribution < 1.29 is 4.79 Å². The van der Waals surface area contributed by atoms with Crippen molar-refractivity contribution in [2.24, 2.45) is 0 Å². The van der Waals surface area contributed by atoms with Crippen molar-refractivity contribution in [3.63, 3.8) is 0 Å². The number of hydrogen-bond donors (Lipinski definition) is 0. The van der Waals surface area contributed by atoms with E-state index in [1.807, 2.05) is 0 Å². The molecule has 1 aliphatic rings. The molecule has 1 fully saturated rings. The Morgan fingerprint density at radius 1 is 1.07 bits per heavy atom. The molecule has 0 atom stereocenters. The van der Waals surface area contributed by atoms with Crippen LogP contribution in [0, 0.1) is 0 Å². The number of halogens is 1. The molecule has 1 aromatic carbocycles. The molecule has 3 heterocycles. The van der Waals surface area contributed by atoms with Gasteiger partial charge in [0, 0.05) is 30.5 Å². The number of carbonyl (C=O) groups is 1. The first-order valence-corrected chi connectivity index (χ1v) is 9.60. The van der Waals surface area contributed by atoms with Crippen molar-refractivity contribution in [3.8, 4) is 5.69 Å². The summed E-state index contributed by atoms with van der Waals surface area (Å²) in [6, 6.07) is 9.93. The topological polar surface area (TPSA) is 90.1 Å². The van der Waals surface area contributed by atoms with Crippen LogP contribution < -0.4 is 11.2 Å². The molecule has 0 radical (unpaired) electrons. The highest BCUT2D eigenvalue weighted by atomic mass is 35.5. The molecular weight excluding hydrogens is 394 g/mol. The molecule has 1 saturated heterocycles. The lowest BCUT2D eigenvalue weighted by Gasteiger charge is -2.16. The lowest BCUT2D eigenvalue weighted by atomic mass is 10.3. The van der Waals surface area contributed by atoms with Crippen LogP contribution in [0.1, 0.15) is 28.9 Å². The fraction of sp³-hybridized carbons (Fsp3) is 0.250. The molecule has 3 aromatic rings. The monoisotopic (exact) mass is 411 g/mol. The molecule has 29 heavy (non-hydrogen) atoms. The average molecular weight is 412 g/mol. The van der Waals surface area contributed by atoms with Gasteiger partial charge in [-0.15, -0.1) is 0 Å².